The molecule has 1 fully saturated rings. The predicted molar refractivity (Wildman–Crippen MR) is 119 cm³/mol. The van der Waals surface area contributed by atoms with Gasteiger partial charge in [-0.25, -0.2) is 4.79 Å². The summed E-state index contributed by atoms with van der Waals surface area (Å²) in [6.07, 6.45) is 1.91. The summed E-state index contributed by atoms with van der Waals surface area (Å²) in [6.45, 7) is 8.21. The van der Waals surface area contributed by atoms with Crippen LogP contribution in [-0.2, 0) is 16.1 Å². The van der Waals surface area contributed by atoms with Crippen LogP contribution in [0.25, 0.3) is 0 Å². The SMILES string of the molecule is CC(C)N1CCC(COC[C@H](NC(=O)OCc2ccccc2)c2ccccc2)CC1. The van der Waals surface area contributed by atoms with Crippen LogP contribution < -0.4 is 5.32 Å². The summed E-state index contributed by atoms with van der Waals surface area (Å²) in [5, 5.41) is 2.97. The number of benzene rings is 2. The molecule has 1 heterocycles. The minimum Gasteiger partial charge on any atom is -0.445 e. The van der Waals surface area contributed by atoms with E-state index in [0.29, 0.717) is 18.6 Å². The second-order valence-electron chi connectivity index (χ2n) is 8.28. The number of rotatable bonds is 9. The number of nitrogens with zero attached hydrogens (tertiary/aromatic N) is 1. The molecule has 1 aliphatic rings. The van der Waals surface area contributed by atoms with Gasteiger partial charge >= 0.3 is 6.09 Å². The van der Waals surface area contributed by atoms with E-state index in [-0.39, 0.29) is 12.6 Å². The molecular weight excluding hydrogens is 376 g/mol. The molecule has 2 aromatic carbocycles. The van der Waals surface area contributed by atoms with Crippen molar-refractivity contribution in [3.05, 3.63) is 71.8 Å². The van der Waals surface area contributed by atoms with E-state index in [9.17, 15) is 4.79 Å². The zero-order chi connectivity index (χ0) is 21.2. The minimum atomic E-state index is -0.429. The van der Waals surface area contributed by atoms with Crippen LogP contribution in [0.5, 0.6) is 0 Å². The quantitative estimate of drug-likeness (QED) is 0.646. The first kappa shape index (κ1) is 22.3. The van der Waals surface area contributed by atoms with Crippen molar-refractivity contribution in [2.75, 3.05) is 26.3 Å². The largest absolute Gasteiger partial charge is 0.445 e. The Morgan fingerprint density at radius 3 is 2.30 bits per heavy atom. The van der Waals surface area contributed by atoms with Crippen molar-refractivity contribution in [1.82, 2.24) is 10.2 Å². The van der Waals surface area contributed by atoms with Gasteiger partial charge in [0.2, 0.25) is 0 Å². The monoisotopic (exact) mass is 410 g/mol. The zero-order valence-corrected chi connectivity index (χ0v) is 18.1. The molecule has 162 valence electrons. The predicted octanol–water partition coefficient (Wildman–Crippen LogP) is 4.79. The Morgan fingerprint density at radius 2 is 1.67 bits per heavy atom. The highest BCUT2D eigenvalue weighted by atomic mass is 16.5. The molecule has 30 heavy (non-hydrogen) atoms. The molecule has 1 saturated heterocycles. The van der Waals surface area contributed by atoms with E-state index < -0.39 is 6.09 Å². The third-order valence-electron chi connectivity index (χ3n) is 5.72. The van der Waals surface area contributed by atoms with Gasteiger partial charge < -0.3 is 19.7 Å². The average molecular weight is 411 g/mol. The fraction of sp³-hybridized carbons (Fsp3) is 0.480. The molecule has 0 saturated carbocycles. The molecule has 1 atom stereocenters. The molecule has 5 heteroatoms. The first-order chi connectivity index (χ1) is 14.6. The molecule has 1 amide bonds. The molecule has 5 nitrogen and oxygen atoms in total. The summed E-state index contributed by atoms with van der Waals surface area (Å²) in [7, 11) is 0. The van der Waals surface area contributed by atoms with E-state index in [2.05, 4.69) is 24.1 Å². The number of ether oxygens (including phenoxy) is 2. The van der Waals surface area contributed by atoms with Crippen molar-refractivity contribution < 1.29 is 14.3 Å². The van der Waals surface area contributed by atoms with Gasteiger partial charge in [-0.15, -0.1) is 0 Å². The lowest BCUT2D eigenvalue weighted by atomic mass is 9.97. The highest BCUT2D eigenvalue weighted by Crippen LogP contribution is 2.20. The van der Waals surface area contributed by atoms with Crippen molar-refractivity contribution in [1.29, 1.82) is 0 Å². The van der Waals surface area contributed by atoms with Gasteiger partial charge in [-0.2, -0.15) is 0 Å². The summed E-state index contributed by atoms with van der Waals surface area (Å²) >= 11 is 0. The van der Waals surface area contributed by atoms with Gasteiger partial charge in [-0.05, 0) is 56.8 Å². The van der Waals surface area contributed by atoms with E-state index in [1.165, 1.54) is 12.8 Å². The van der Waals surface area contributed by atoms with Crippen LogP contribution in [0, 0.1) is 5.92 Å². The second kappa shape index (κ2) is 11.7. The standard InChI is InChI=1S/C25H34N2O3/c1-20(2)27-15-13-22(14-16-27)17-29-19-24(23-11-7-4-8-12-23)26-25(28)30-18-21-9-5-3-6-10-21/h3-12,20,22,24H,13-19H2,1-2H3,(H,26,28)/t24-/m0/s1. The summed E-state index contributed by atoms with van der Waals surface area (Å²) in [4.78, 5) is 14.9. The molecule has 0 radical (unpaired) electrons. The van der Waals surface area contributed by atoms with Crippen LogP contribution in [0.3, 0.4) is 0 Å². The number of amides is 1. The highest BCUT2D eigenvalue weighted by Gasteiger charge is 2.22. The lowest BCUT2D eigenvalue weighted by molar-refractivity contribution is 0.0471. The Balaban J connectivity index is 1.47. The second-order valence-corrected chi connectivity index (χ2v) is 8.28. The molecule has 0 spiro atoms. The summed E-state index contributed by atoms with van der Waals surface area (Å²) in [6, 6.07) is 20.0. The van der Waals surface area contributed by atoms with Crippen LogP contribution in [0.1, 0.15) is 43.9 Å². The number of likely N-dealkylation sites (tertiary alicyclic amines) is 1. The topological polar surface area (TPSA) is 50.8 Å². The maximum Gasteiger partial charge on any atom is 0.408 e. The number of hydrogen-bond donors (Lipinski definition) is 1. The van der Waals surface area contributed by atoms with Gasteiger partial charge in [0.25, 0.3) is 0 Å². The maximum absolute atomic E-state index is 12.4. The minimum absolute atomic E-state index is 0.231. The third kappa shape index (κ3) is 7.15. The van der Waals surface area contributed by atoms with E-state index in [0.717, 1.165) is 30.8 Å². The third-order valence-corrected chi connectivity index (χ3v) is 5.72. The normalized spacial score (nSPS) is 16.4. The van der Waals surface area contributed by atoms with Crippen molar-refractivity contribution >= 4 is 6.09 Å². The van der Waals surface area contributed by atoms with Gasteiger partial charge in [0.15, 0.2) is 0 Å². The van der Waals surface area contributed by atoms with E-state index in [1.807, 2.05) is 60.7 Å². The Kier molecular flexibility index (Phi) is 8.72. The molecule has 0 aliphatic carbocycles. The number of nitrogens with one attached hydrogen (secondary N) is 1. The number of carbonyl (C=O) groups excluding carboxylic acids is 1. The number of carbonyl (C=O) groups is 1. The first-order valence-corrected chi connectivity index (χ1v) is 11.0. The Labute approximate surface area is 180 Å². The highest BCUT2D eigenvalue weighted by molar-refractivity contribution is 5.68. The van der Waals surface area contributed by atoms with Crippen LogP contribution in [0.2, 0.25) is 0 Å². The zero-order valence-electron chi connectivity index (χ0n) is 18.1. The lowest BCUT2D eigenvalue weighted by Crippen LogP contribution is -2.39. The maximum atomic E-state index is 12.4. The van der Waals surface area contributed by atoms with Gasteiger partial charge in [-0.3, -0.25) is 0 Å². The van der Waals surface area contributed by atoms with E-state index >= 15 is 0 Å². The fourth-order valence-corrected chi connectivity index (χ4v) is 3.80. The first-order valence-electron chi connectivity index (χ1n) is 11.0. The lowest BCUT2D eigenvalue weighted by Gasteiger charge is -2.34. The van der Waals surface area contributed by atoms with E-state index in [4.69, 9.17) is 9.47 Å². The van der Waals surface area contributed by atoms with Crippen LogP contribution >= 0.6 is 0 Å². The Morgan fingerprint density at radius 1 is 1.03 bits per heavy atom. The van der Waals surface area contributed by atoms with Crippen LogP contribution in [0.4, 0.5) is 4.79 Å². The van der Waals surface area contributed by atoms with Gasteiger partial charge in [-0.1, -0.05) is 60.7 Å². The van der Waals surface area contributed by atoms with Crippen molar-refractivity contribution in [3.8, 4) is 0 Å². The molecule has 0 aromatic heterocycles. The molecule has 1 aliphatic heterocycles. The van der Waals surface area contributed by atoms with Gasteiger partial charge in [0, 0.05) is 12.6 Å². The Hall–Kier alpha value is -2.37. The summed E-state index contributed by atoms with van der Waals surface area (Å²) in [5.74, 6) is 0.585. The summed E-state index contributed by atoms with van der Waals surface area (Å²) < 4.78 is 11.5. The van der Waals surface area contributed by atoms with Crippen molar-refractivity contribution in [2.24, 2.45) is 5.92 Å². The smallest absolute Gasteiger partial charge is 0.408 e. The van der Waals surface area contributed by atoms with Crippen molar-refractivity contribution in [3.63, 3.8) is 0 Å². The number of alkyl carbamates (subject to hydrolysis) is 1. The molecule has 1 N–H and O–H groups in total. The van der Waals surface area contributed by atoms with Gasteiger partial charge in [0.05, 0.1) is 12.6 Å². The molecule has 2 aromatic rings. The molecule has 0 bridgehead atoms. The van der Waals surface area contributed by atoms with Crippen molar-refractivity contribution in [2.45, 2.75) is 45.4 Å². The number of hydrogen-bond acceptors (Lipinski definition) is 4. The molecular formula is C25H34N2O3. The fourth-order valence-electron chi connectivity index (χ4n) is 3.80. The number of piperidine rings is 1. The van der Waals surface area contributed by atoms with Gasteiger partial charge in [0.1, 0.15) is 6.61 Å². The average Bonchev–Trinajstić information content (AvgIpc) is 2.78. The van der Waals surface area contributed by atoms with Crippen LogP contribution in [-0.4, -0.2) is 43.3 Å². The molecule has 0 unspecified atom stereocenters. The summed E-state index contributed by atoms with van der Waals surface area (Å²) in [5.41, 5.74) is 1.98. The van der Waals surface area contributed by atoms with Crippen LogP contribution in [0.15, 0.2) is 60.7 Å². The van der Waals surface area contributed by atoms with E-state index in [1.54, 1.807) is 0 Å². The Bertz CT molecular complexity index is 744. The molecule has 3 rings (SSSR count).